The van der Waals surface area contributed by atoms with Gasteiger partial charge in [0, 0.05) is 25.7 Å². The van der Waals surface area contributed by atoms with Gasteiger partial charge in [-0.2, -0.15) is 9.12 Å². The number of ether oxygens (including phenoxy) is 3. The van der Waals surface area contributed by atoms with Gasteiger partial charge in [-0.05, 0) is 52.9 Å². The highest BCUT2D eigenvalue weighted by molar-refractivity contribution is 5.68. The third-order valence-corrected chi connectivity index (χ3v) is 6.27. The van der Waals surface area contributed by atoms with Crippen LogP contribution in [0.2, 0.25) is 0 Å². The Balaban J connectivity index is 1.36. The lowest BCUT2D eigenvalue weighted by Crippen LogP contribution is -2.56. The summed E-state index contributed by atoms with van der Waals surface area (Å²) in [6, 6.07) is 1.24. The van der Waals surface area contributed by atoms with Crippen LogP contribution in [0, 0.1) is 17.9 Å². The highest BCUT2D eigenvalue weighted by Gasteiger charge is 2.35. The van der Waals surface area contributed by atoms with E-state index in [2.05, 4.69) is 14.9 Å². The summed E-state index contributed by atoms with van der Waals surface area (Å²) in [6.45, 7) is 7.77. The van der Waals surface area contributed by atoms with Crippen LogP contribution in [0.15, 0.2) is 24.8 Å². The molecule has 0 aliphatic carbocycles. The van der Waals surface area contributed by atoms with E-state index < -0.39 is 5.82 Å². The van der Waals surface area contributed by atoms with Crippen LogP contribution in [-0.2, 0) is 4.74 Å². The van der Waals surface area contributed by atoms with Crippen molar-refractivity contribution in [3.8, 4) is 17.5 Å². The second-order valence-electron chi connectivity index (χ2n) is 9.18. The van der Waals surface area contributed by atoms with Crippen molar-refractivity contribution in [3.63, 3.8) is 0 Å². The Morgan fingerprint density at radius 3 is 2.63 bits per heavy atom. The molecule has 0 bridgehead atoms. The average Bonchev–Trinajstić information content (AvgIpc) is 2.83. The van der Waals surface area contributed by atoms with Crippen LogP contribution in [0.5, 0.6) is 17.5 Å². The second-order valence-corrected chi connectivity index (χ2v) is 9.18. The maximum absolute atomic E-state index is 14.0. The second kappa shape index (κ2) is 11.0. The number of pyridine rings is 1. The molecule has 1 amide bonds. The number of piperidine rings is 2. The molecule has 0 aromatic carbocycles. The maximum atomic E-state index is 14.0. The minimum absolute atomic E-state index is 0.0466. The van der Waals surface area contributed by atoms with E-state index in [4.69, 9.17) is 14.2 Å². The third-order valence-electron chi connectivity index (χ3n) is 6.27. The zero-order valence-electron chi connectivity index (χ0n) is 20.4. The summed E-state index contributed by atoms with van der Waals surface area (Å²) in [4.78, 5) is 25.1. The molecule has 2 aliphatic rings. The van der Waals surface area contributed by atoms with Gasteiger partial charge in [-0.3, -0.25) is 9.80 Å². The van der Waals surface area contributed by atoms with Crippen molar-refractivity contribution < 1.29 is 28.1 Å². The SMILES string of the molecule is Cc1c(Oc2cc[n+]([O-])cc2F)ncnc1OC1CCN(C2CCCCN2C(=O)OC(C)C)CC1. The van der Waals surface area contributed by atoms with E-state index in [-0.39, 0.29) is 36.1 Å². The lowest BCUT2D eigenvalue weighted by molar-refractivity contribution is -0.607. The van der Waals surface area contributed by atoms with Crippen molar-refractivity contribution in [1.82, 2.24) is 19.8 Å². The summed E-state index contributed by atoms with van der Waals surface area (Å²) in [5.74, 6) is -0.351. The first-order chi connectivity index (χ1) is 16.8. The number of aromatic nitrogens is 3. The predicted molar refractivity (Wildman–Crippen MR) is 123 cm³/mol. The van der Waals surface area contributed by atoms with Gasteiger partial charge in [-0.25, -0.2) is 14.8 Å². The van der Waals surface area contributed by atoms with Crippen molar-refractivity contribution in [2.75, 3.05) is 19.6 Å². The zero-order chi connectivity index (χ0) is 24.9. The largest absolute Gasteiger partial charge is 0.619 e. The van der Waals surface area contributed by atoms with Gasteiger partial charge in [0.2, 0.25) is 23.8 Å². The third kappa shape index (κ3) is 6.08. The summed E-state index contributed by atoms with van der Waals surface area (Å²) >= 11 is 0. The summed E-state index contributed by atoms with van der Waals surface area (Å²) in [6.07, 6.45) is 7.42. The molecule has 35 heavy (non-hydrogen) atoms. The van der Waals surface area contributed by atoms with E-state index >= 15 is 0 Å². The fraction of sp³-hybridized carbons (Fsp3) is 0.583. The fourth-order valence-electron chi connectivity index (χ4n) is 4.49. The molecule has 1 unspecified atom stereocenters. The van der Waals surface area contributed by atoms with Crippen molar-refractivity contribution >= 4 is 6.09 Å². The summed E-state index contributed by atoms with van der Waals surface area (Å²) in [5, 5.41) is 11.2. The molecule has 2 saturated heterocycles. The smallest absolute Gasteiger partial charge is 0.411 e. The number of rotatable bonds is 6. The first kappa shape index (κ1) is 24.9. The quantitative estimate of drug-likeness (QED) is 0.448. The van der Waals surface area contributed by atoms with E-state index in [1.54, 1.807) is 6.92 Å². The number of carbonyl (C=O) groups is 1. The van der Waals surface area contributed by atoms with Gasteiger partial charge in [0.1, 0.15) is 12.4 Å². The summed E-state index contributed by atoms with van der Waals surface area (Å²) in [7, 11) is 0. The molecule has 2 aliphatic heterocycles. The molecule has 0 N–H and O–H groups in total. The Hall–Kier alpha value is -3.21. The molecule has 1 atom stereocenters. The number of likely N-dealkylation sites (tertiary alicyclic amines) is 2. The average molecular weight is 490 g/mol. The number of carbonyl (C=O) groups excluding carboxylic acids is 1. The number of amides is 1. The summed E-state index contributed by atoms with van der Waals surface area (Å²) < 4.78 is 31.6. The van der Waals surface area contributed by atoms with Crippen LogP contribution in [0.3, 0.4) is 0 Å². The topological polar surface area (TPSA) is 104 Å². The first-order valence-electron chi connectivity index (χ1n) is 12.1. The molecule has 4 rings (SSSR count). The van der Waals surface area contributed by atoms with Gasteiger partial charge in [0.15, 0.2) is 11.9 Å². The fourth-order valence-corrected chi connectivity index (χ4v) is 4.49. The minimum Gasteiger partial charge on any atom is -0.619 e. The molecule has 0 saturated carbocycles. The van der Waals surface area contributed by atoms with Crippen LogP contribution in [-0.4, -0.2) is 63.9 Å². The van der Waals surface area contributed by atoms with Crippen molar-refractivity contribution in [2.24, 2.45) is 0 Å². The molecule has 2 aromatic heterocycles. The normalized spacial score (nSPS) is 19.6. The van der Waals surface area contributed by atoms with Crippen LogP contribution >= 0.6 is 0 Å². The predicted octanol–water partition coefficient (Wildman–Crippen LogP) is 3.55. The van der Waals surface area contributed by atoms with Crippen molar-refractivity contribution in [1.29, 1.82) is 0 Å². The van der Waals surface area contributed by atoms with E-state index in [1.807, 2.05) is 18.7 Å². The Morgan fingerprint density at radius 1 is 1.17 bits per heavy atom. The van der Waals surface area contributed by atoms with Crippen LogP contribution in [0.25, 0.3) is 0 Å². The molecule has 4 heterocycles. The highest BCUT2D eigenvalue weighted by atomic mass is 19.1. The maximum Gasteiger partial charge on any atom is 0.411 e. The standard InChI is InChI=1S/C24H32FN5O5/c1-16(2)33-24(31)30-10-5-4-6-21(30)28-11-7-18(8-12-28)34-22-17(3)23(27-15-26-22)35-20-9-13-29(32)14-19(20)25/h9,13-16,18,21H,4-8,10-12H2,1-3H3. The van der Waals surface area contributed by atoms with E-state index in [0.717, 1.165) is 57.6 Å². The lowest BCUT2D eigenvalue weighted by Gasteiger charge is -2.44. The number of halogens is 1. The van der Waals surface area contributed by atoms with E-state index in [0.29, 0.717) is 22.7 Å². The molecule has 2 fully saturated rings. The van der Waals surface area contributed by atoms with Gasteiger partial charge in [-0.1, -0.05) is 0 Å². The van der Waals surface area contributed by atoms with Gasteiger partial charge in [0.05, 0.1) is 17.8 Å². The molecule has 11 heteroatoms. The van der Waals surface area contributed by atoms with Gasteiger partial charge >= 0.3 is 6.09 Å². The van der Waals surface area contributed by atoms with E-state index in [1.165, 1.54) is 12.4 Å². The lowest BCUT2D eigenvalue weighted by atomic mass is 10.0. The van der Waals surface area contributed by atoms with Gasteiger partial charge in [0.25, 0.3) is 0 Å². The van der Waals surface area contributed by atoms with Gasteiger partial charge < -0.3 is 19.4 Å². The Bertz CT molecular complexity index is 1030. The Kier molecular flexibility index (Phi) is 7.84. The van der Waals surface area contributed by atoms with Crippen LogP contribution in [0.4, 0.5) is 9.18 Å². The molecule has 0 spiro atoms. The Morgan fingerprint density at radius 2 is 1.91 bits per heavy atom. The Labute approximate surface area is 204 Å². The number of hydrogen-bond donors (Lipinski definition) is 0. The van der Waals surface area contributed by atoms with Gasteiger partial charge in [-0.15, -0.1) is 0 Å². The highest BCUT2D eigenvalue weighted by Crippen LogP contribution is 2.31. The molecule has 10 nitrogen and oxygen atoms in total. The van der Waals surface area contributed by atoms with Crippen molar-refractivity contribution in [3.05, 3.63) is 41.4 Å². The number of hydrogen-bond acceptors (Lipinski definition) is 8. The minimum atomic E-state index is -0.788. The van der Waals surface area contributed by atoms with Crippen LogP contribution < -0.4 is 14.2 Å². The molecule has 0 radical (unpaired) electrons. The molecule has 2 aromatic rings. The molecular weight excluding hydrogens is 457 g/mol. The molecule has 190 valence electrons. The zero-order valence-corrected chi connectivity index (χ0v) is 20.4. The monoisotopic (exact) mass is 489 g/mol. The summed E-state index contributed by atoms with van der Waals surface area (Å²) in [5.41, 5.74) is 0.545. The van der Waals surface area contributed by atoms with Crippen molar-refractivity contribution in [2.45, 2.75) is 71.2 Å². The molecular formula is C24H32FN5O5. The van der Waals surface area contributed by atoms with Crippen LogP contribution in [0.1, 0.15) is 51.5 Å². The first-order valence-corrected chi connectivity index (χ1v) is 12.1. The number of nitrogens with zero attached hydrogens (tertiary/aromatic N) is 5. The van der Waals surface area contributed by atoms with E-state index in [9.17, 15) is 14.4 Å².